The van der Waals surface area contributed by atoms with E-state index in [1.165, 1.54) is 4.31 Å². The molecule has 10 heteroatoms. The molecule has 1 amide bonds. The first-order valence-corrected chi connectivity index (χ1v) is 14.2. The van der Waals surface area contributed by atoms with Crippen molar-refractivity contribution in [1.29, 1.82) is 0 Å². The number of carbonyl (C=O) groups is 1. The zero-order valence-electron chi connectivity index (χ0n) is 21.0. The number of aromatic nitrogens is 1. The van der Waals surface area contributed by atoms with Crippen LogP contribution in [-0.2, 0) is 16.6 Å². The second-order valence-corrected chi connectivity index (χ2v) is 11.5. The number of nitrogens with one attached hydrogen (secondary N) is 1. The molecule has 0 aliphatic carbocycles. The van der Waals surface area contributed by atoms with Gasteiger partial charge in [0.05, 0.1) is 35.4 Å². The van der Waals surface area contributed by atoms with Gasteiger partial charge in [-0.05, 0) is 67.9 Å². The van der Waals surface area contributed by atoms with Crippen LogP contribution in [0.2, 0.25) is 10.0 Å². The maximum Gasteiger partial charge on any atom is 0.271 e. The fraction of sp³-hybridized carbons (Fsp3) is 0.143. The average Bonchev–Trinajstić information content (AvgIpc) is 3.15. The van der Waals surface area contributed by atoms with Crippen molar-refractivity contribution in [3.8, 4) is 5.69 Å². The van der Waals surface area contributed by atoms with Gasteiger partial charge in [-0.2, -0.15) is 5.10 Å². The first-order chi connectivity index (χ1) is 18.0. The highest BCUT2D eigenvalue weighted by atomic mass is 35.5. The van der Waals surface area contributed by atoms with Gasteiger partial charge < -0.3 is 4.57 Å². The third kappa shape index (κ3) is 6.27. The molecule has 0 saturated carbocycles. The first-order valence-electron chi connectivity index (χ1n) is 11.6. The summed E-state index contributed by atoms with van der Waals surface area (Å²) in [5.74, 6) is -0.420. The second-order valence-electron chi connectivity index (χ2n) is 8.76. The Kier molecular flexibility index (Phi) is 8.26. The van der Waals surface area contributed by atoms with Crippen LogP contribution in [0.5, 0.6) is 0 Å². The van der Waals surface area contributed by atoms with Crippen molar-refractivity contribution in [3.05, 3.63) is 117 Å². The number of hydrogen-bond donors (Lipinski definition) is 1. The van der Waals surface area contributed by atoms with Crippen LogP contribution in [-0.4, -0.2) is 31.4 Å². The lowest BCUT2D eigenvalue weighted by Gasteiger charge is -2.22. The van der Waals surface area contributed by atoms with Gasteiger partial charge in [0.2, 0.25) is 10.0 Å². The molecule has 1 heterocycles. The van der Waals surface area contributed by atoms with E-state index in [1.807, 2.05) is 60.9 Å². The summed E-state index contributed by atoms with van der Waals surface area (Å²) < 4.78 is 28.1. The molecule has 38 heavy (non-hydrogen) atoms. The predicted molar refractivity (Wildman–Crippen MR) is 154 cm³/mol. The van der Waals surface area contributed by atoms with Gasteiger partial charge in [-0.25, -0.2) is 13.8 Å². The van der Waals surface area contributed by atoms with Crippen LogP contribution < -0.4 is 9.73 Å². The molecule has 7 nitrogen and oxygen atoms in total. The Hall–Kier alpha value is -3.59. The molecule has 0 fully saturated rings. The van der Waals surface area contributed by atoms with Crippen LogP contribution in [0.1, 0.15) is 32.9 Å². The minimum atomic E-state index is -3.53. The lowest BCUT2D eigenvalue weighted by Crippen LogP contribution is -2.29. The first kappa shape index (κ1) is 27.4. The molecule has 196 valence electrons. The van der Waals surface area contributed by atoms with E-state index in [4.69, 9.17) is 23.2 Å². The maximum absolute atomic E-state index is 12.7. The van der Waals surface area contributed by atoms with Gasteiger partial charge in [0.1, 0.15) is 0 Å². The van der Waals surface area contributed by atoms with E-state index in [9.17, 15) is 13.2 Å². The predicted octanol–water partition coefficient (Wildman–Crippen LogP) is 6.13. The highest BCUT2D eigenvalue weighted by Crippen LogP contribution is 2.28. The van der Waals surface area contributed by atoms with Gasteiger partial charge in [-0.3, -0.25) is 9.10 Å². The normalized spacial score (nSPS) is 11.6. The zero-order valence-corrected chi connectivity index (χ0v) is 23.3. The van der Waals surface area contributed by atoms with Crippen molar-refractivity contribution in [1.82, 2.24) is 9.99 Å². The molecule has 0 aliphatic heterocycles. The van der Waals surface area contributed by atoms with Crippen molar-refractivity contribution in [2.45, 2.75) is 20.4 Å². The summed E-state index contributed by atoms with van der Waals surface area (Å²) in [6.07, 6.45) is 2.73. The van der Waals surface area contributed by atoms with Crippen molar-refractivity contribution >= 4 is 51.0 Å². The summed E-state index contributed by atoms with van der Waals surface area (Å²) in [6, 6.07) is 22.9. The average molecular weight is 570 g/mol. The Balaban J connectivity index is 1.47. The zero-order chi connectivity index (χ0) is 27.4. The van der Waals surface area contributed by atoms with E-state index in [2.05, 4.69) is 10.5 Å². The van der Waals surface area contributed by atoms with Crippen molar-refractivity contribution in [2.24, 2.45) is 5.10 Å². The Bertz CT molecular complexity index is 1600. The molecule has 1 aromatic heterocycles. The quantitative estimate of drug-likeness (QED) is 0.205. The molecule has 0 atom stereocenters. The van der Waals surface area contributed by atoms with Gasteiger partial charge in [0.15, 0.2) is 0 Å². The smallest absolute Gasteiger partial charge is 0.271 e. The van der Waals surface area contributed by atoms with Gasteiger partial charge in [0, 0.05) is 27.5 Å². The minimum absolute atomic E-state index is 0.190. The molecule has 0 saturated heterocycles. The number of nitrogens with zero attached hydrogens (tertiary/aromatic N) is 3. The molecule has 0 unspecified atom stereocenters. The molecule has 4 aromatic rings. The lowest BCUT2D eigenvalue weighted by atomic mass is 10.2. The summed E-state index contributed by atoms with van der Waals surface area (Å²) in [5.41, 5.74) is 7.64. The summed E-state index contributed by atoms with van der Waals surface area (Å²) in [4.78, 5) is 12.7. The Morgan fingerprint density at radius 1 is 1.00 bits per heavy atom. The molecular formula is C28H26Cl2N4O3S. The number of rotatable bonds is 8. The van der Waals surface area contributed by atoms with Crippen LogP contribution in [0.25, 0.3) is 5.69 Å². The second kappa shape index (κ2) is 11.4. The number of carbonyl (C=O) groups excluding carboxylic acids is 1. The molecule has 4 rings (SSSR count). The summed E-state index contributed by atoms with van der Waals surface area (Å²) in [5, 5.41) is 5.20. The largest absolute Gasteiger partial charge is 0.316 e. The number of hydrogen-bond acceptors (Lipinski definition) is 4. The molecule has 0 bridgehead atoms. The highest BCUT2D eigenvalue weighted by molar-refractivity contribution is 7.92. The summed E-state index contributed by atoms with van der Waals surface area (Å²) in [7, 11) is -3.53. The fourth-order valence-corrected chi connectivity index (χ4v) is 5.49. The van der Waals surface area contributed by atoms with Gasteiger partial charge >= 0.3 is 0 Å². The Labute approximate surface area is 232 Å². The minimum Gasteiger partial charge on any atom is -0.316 e. The number of benzene rings is 3. The summed E-state index contributed by atoms with van der Waals surface area (Å²) >= 11 is 12.4. The van der Waals surface area contributed by atoms with E-state index in [1.54, 1.807) is 42.6 Å². The lowest BCUT2D eigenvalue weighted by molar-refractivity contribution is 0.0955. The summed E-state index contributed by atoms with van der Waals surface area (Å²) in [6.45, 7) is 4.07. The van der Waals surface area contributed by atoms with Crippen LogP contribution >= 0.6 is 23.2 Å². The number of sulfonamides is 1. The number of anilines is 1. The van der Waals surface area contributed by atoms with E-state index in [0.717, 1.165) is 34.5 Å². The van der Waals surface area contributed by atoms with Crippen molar-refractivity contribution in [3.63, 3.8) is 0 Å². The SMILES string of the molecule is Cc1cc(/C=N\NC(=O)c2ccc(N(Cc3ccccc3)S(C)(=O)=O)cc2)c(C)n1-c1ccc(Cl)cc1Cl. The number of aryl methyl sites for hydroxylation is 1. The van der Waals surface area contributed by atoms with Crippen molar-refractivity contribution in [2.75, 3.05) is 10.6 Å². The van der Waals surface area contributed by atoms with Crippen molar-refractivity contribution < 1.29 is 13.2 Å². The number of halogens is 2. The van der Waals surface area contributed by atoms with E-state index >= 15 is 0 Å². The van der Waals surface area contributed by atoms with Gasteiger partial charge in [-0.1, -0.05) is 53.5 Å². The van der Waals surface area contributed by atoms with Gasteiger partial charge in [0.25, 0.3) is 5.91 Å². The monoisotopic (exact) mass is 568 g/mol. The topological polar surface area (TPSA) is 83.8 Å². The van der Waals surface area contributed by atoms with E-state index < -0.39 is 15.9 Å². The van der Waals surface area contributed by atoms with Crippen LogP contribution in [0.3, 0.4) is 0 Å². The molecule has 0 aliphatic rings. The third-order valence-corrected chi connectivity index (χ3v) is 7.66. The molecule has 1 N–H and O–H groups in total. The van der Waals surface area contributed by atoms with E-state index in [-0.39, 0.29) is 6.54 Å². The number of hydrazone groups is 1. The Morgan fingerprint density at radius 3 is 2.32 bits per heavy atom. The van der Waals surface area contributed by atoms with Crippen LogP contribution in [0.4, 0.5) is 5.69 Å². The van der Waals surface area contributed by atoms with Crippen LogP contribution in [0, 0.1) is 13.8 Å². The Morgan fingerprint density at radius 2 is 1.68 bits per heavy atom. The standard InChI is InChI=1S/C28H26Cl2N4O3S/c1-19-15-23(20(2)34(19)27-14-11-24(29)16-26(27)30)17-31-32-28(35)22-9-12-25(13-10-22)33(38(3,36)37)18-21-7-5-4-6-8-21/h4-17H,18H2,1-3H3,(H,32,35)/b31-17-. The molecular weight excluding hydrogens is 543 g/mol. The molecule has 0 spiro atoms. The maximum atomic E-state index is 12.7. The molecule has 0 radical (unpaired) electrons. The third-order valence-electron chi connectivity index (χ3n) is 5.98. The van der Waals surface area contributed by atoms with E-state index in [0.29, 0.717) is 21.3 Å². The highest BCUT2D eigenvalue weighted by Gasteiger charge is 2.18. The fourth-order valence-electron chi connectivity index (χ4n) is 4.10. The molecule has 3 aromatic carbocycles. The van der Waals surface area contributed by atoms with Crippen LogP contribution in [0.15, 0.2) is 84.0 Å². The van der Waals surface area contributed by atoms with Gasteiger partial charge in [-0.15, -0.1) is 0 Å². The number of amides is 1.